The highest BCUT2D eigenvalue weighted by Gasteiger charge is 2.45. The smallest absolute Gasteiger partial charge is 0.120 e. The minimum Gasteiger partial charge on any atom is -0.497 e. The summed E-state index contributed by atoms with van der Waals surface area (Å²) in [6, 6.07) is 8.70. The van der Waals surface area contributed by atoms with Crippen LogP contribution in [0.2, 0.25) is 0 Å². The van der Waals surface area contributed by atoms with Gasteiger partial charge < -0.3 is 14.7 Å². The molecule has 3 aliphatic rings. The Labute approximate surface area is 157 Å². The van der Waals surface area contributed by atoms with Crippen molar-refractivity contribution >= 4 is 5.69 Å². The van der Waals surface area contributed by atoms with E-state index in [-0.39, 0.29) is 0 Å². The maximum absolute atomic E-state index is 11.5. The summed E-state index contributed by atoms with van der Waals surface area (Å²) >= 11 is 0. The number of benzene rings is 1. The zero-order chi connectivity index (χ0) is 18.0. The zero-order valence-corrected chi connectivity index (χ0v) is 16.1. The minimum atomic E-state index is -0.517. The number of rotatable bonds is 4. The molecule has 0 aliphatic carbocycles. The highest BCUT2D eigenvalue weighted by atomic mass is 16.5. The topological polar surface area (TPSA) is 39.2 Å². The van der Waals surface area contributed by atoms with Crippen LogP contribution in [0.25, 0.3) is 0 Å². The van der Waals surface area contributed by atoms with Gasteiger partial charge in [0.2, 0.25) is 0 Å². The molecular formula is C21H33N3O2. The molecule has 5 nitrogen and oxygen atoms in total. The monoisotopic (exact) mass is 359 g/mol. The summed E-state index contributed by atoms with van der Waals surface area (Å²) in [5.41, 5.74) is 0.718. The van der Waals surface area contributed by atoms with E-state index in [0.29, 0.717) is 6.04 Å². The lowest BCUT2D eigenvalue weighted by molar-refractivity contribution is -0.109. The molecule has 5 heteroatoms. The lowest BCUT2D eigenvalue weighted by atomic mass is 9.79. The molecule has 0 spiro atoms. The Balaban J connectivity index is 1.35. The van der Waals surface area contributed by atoms with E-state index in [2.05, 4.69) is 32.9 Å². The van der Waals surface area contributed by atoms with Crippen molar-refractivity contribution in [1.82, 2.24) is 9.80 Å². The van der Waals surface area contributed by atoms with Crippen LogP contribution >= 0.6 is 0 Å². The first-order valence-corrected chi connectivity index (χ1v) is 10.3. The third kappa shape index (κ3) is 3.71. The van der Waals surface area contributed by atoms with Gasteiger partial charge in [0.15, 0.2) is 0 Å². The second kappa shape index (κ2) is 7.75. The van der Waals surface area contributed by atoms with Gasteiger partial charge in [-0.3, -0.25) is 9.80 Å². The number of anilines is 1. The van der Waals surface area contributed by atoms with Crippen molar-refractivity contribution in [1.29, 1.82) is 0 Å². The minimum absolute atomic E-state index is 0.376. The predicted octanol–water partition coefficient (Wildman–Crippen LogP) is 2.20. The van der Waals surface area contributed by atoms with Crippen molar-refractivity contribution in [3.05, 3.63) is 24.3 Å². The van der Waals surface area contributed by atoms with Crippen LogP contribution in [0.5, 0.6) is 5.75 Å². The molecule has 1 N–H and O–H groups in total. The van der Waals surface area contributed by atoms with Crippen molar-refractivity contribution in [2.75, 3.05) is 57.8 Å². The van der Waals surface area contributed by atoms with Crippen LogP contribution in [0.4, 0.5) is 5.69 Å². The van der Waals surface area contributed by atoms with Gasteiger partial charge >= 0.3 is 0 Å². The number of methoxy groups -OCH3 is 1. The second-order valence-electron chi connectivity index (χ2n) is 8.22. The van der Waals surface area contributed by atoms with Gasteiger partial charge in [-0.25, -0.2) is 0 Å². The summed E-state index contributed by atoms with van der Waals surface area (Å²) in [4.78, 5) is 7.46. The molecule has 4 rings (SSSR count). The van der Waals surface area contributed by atoms with E-state index in [4.69, 9.17) is 4.74 Å². The van der Waals surface area contributed by atoms with Crippen molar-refractivity contribution in [3.8, 4) is 5.75 Å². The van der Waals surface area contributed by atoms with Crippen molar-refractivity contribution in [2.45, 2.75) is 43.7 Å². The molecule has 0 bridgehead atoms. The van der Waals surface area contributed by atoms with Crippen LogP contribution in [0, 0.1) is 0 Å². The summed E-state index contributed by atoms with van der Waals surface area (Å²) in [6.45, 7) is 7.25. The molecule has 1 aromatic carbocycles. The molecule has 0 radical (unpaired) electrons. The van der Waals surface area contributed by atoms with E-state index in [9.17, 15) is 5.11 Å². The number of piperidine rings is 2. The number of aliphatic hydroxyl groups is 1. The molecule has 0 amide bonds. The predicted molar refractivity (Wildman–Crippen MR) is 105 cm³/mol. The first-order valence-electron chi connectivity index (χ1n) is 10.3. The van der Waals surface area contributed by atoms with E-state index in [1.807, 2.05) is 6.07 Å². The van der Waals surface area contributed by atoms with E-state index in [0.717, 1.165) is 51.3 Å². The fraction of sp³-hybridized carbons (Fsp3) is 0.714. The van der Waals surface area contributed by atoms with Crippen LogP contribution in [0.1, 0.15) is 32.1 Å². The number of fused-ring (bicyclic) bond motifs is 1. The van der Waals surface area contributed by atoms with E-state index >= 15 is 0 Å². The third-order valence-corrected chi connectivity index (χ3v) is 6.58. The van der Waals surface area contributed by atoms with Crippen LogP contribution in [0.3, 0.4) is 0 Å². The Hall–Kier alpha value is -1.30. The first kappa shape index (κ1) is 18.1. The van der Waals surface area contributed by atoms with Crippen LogP contribution in [-0.2, 0) is 0 Å². The van der Waals surface area contributed by atoms with Gasteiger partial charge in [-0.15, -0.1) is 0 Å². The number of hydrogen-bond donors (Lipinski definition) is 1. The normalized spacial score (nSPS) is 30.8. The van der Waals surface area contributed by atoms with Gasteiger partial charge in [-0.2, -0.15) is 0 Å². The molecule has 0 aromatic heterocycles. The molecule has 0 saturated carbocycles. The molecular weight excluding hydrogens is 326 g/mol. The van der Waals surface area contributed by atoms with E-state index < -0.39 is 5.60 Å². The van der Waals surface area contributed by atoms with Crippen molar-refractivity contribution in [2.24, 2.45) is 0 Å². The summed E-state index contributed by atoms with van der Waals surface area (Å²) in [5, 5.41) is 11.5. The van der Waals surface area contributed by atoms with Crippen LogP contribution in [0.15, 0.2) is 24.3 Å². The molecule has 144 valence electrons. The van der Waals surface area contributed by atoms with Gasteiger partial charge in [0.25, 0.3) is 0 Å². The number of β-amino-alcohol motifs (C(OH)–C–C–N with tert-alkyl or cyclic N) is 1. The molecule has 1 aromatic rings. The number of hydrogen-bond acceptors (Lipinski definition) is 5. The Morgan fingerprint density at radius 3 is 2.69 bits per heavy atom. The molecule has 26 heavy (non-hydrogen) atoms. The Morgan fingerprint density at radius 1 is 1.08 bits per heavy atom. The van der Waals surface area contributed by atoms with Crippen molar-refractivity contribution in [3.63, 3.8) is 0 Å². The third-order valence-electron chi connectivity index (χ3n) is 6.58. The molecule has 2 atom stereocenters. The molecule has 3 aliphatic heterocycles. The average Bonchev–Trinajstić information content (AvgIpc) is 2.69. The van der Waals surface area contributed by atoms with Gasteiger partial charge in [-0.1, -0.05) is 12.5 Å². The zero-order valence-electron chi connectivity index (χ0n) is 16.1. The fourth-order valence-electron chi connectivity index (χ4n) is 5.17. The standard InChI is InChI=1S/C21H33N3O2/c1-26-19-7-4-6-18(16-19)23-14-12-22(13-15-23)17-21(25)9-5-11-24-10-3-2-8-20(21)24/h4,6-7,16,20,25H,2-3,5,8-15,17H2,1H3/t20-,21-/m1/s1. The summed E-state index contributed by atoms with van der Waals surface area (Å²) in [6.07, 6.45) is 5.83. The fourth-order valence-corrected chi connectivity index (χ4v) is 5.17. The molecule has 3 heterocycles. The molecule has 0 unspecified atom stereocenters. The highest BCUT2D eigenvalue weighted by molar-refractivity contribution is 5.51. The number of nitrogens with zero attached hydrogens (tertiary/aromatic N) is 3. The Kier molecular flexibility index (Phi) is 5.39. The Morgan fingerprint density at radius 2 is 1.88 bits per heavy atom. The maximum atomic E-state index is 11.5. The van der Waals surface area contributed by atoms with E-state index in [1.54, 1.807) is 7.11 Å². The summed E-state index contributed by atoms with van der Waals surface area (Å²) in [7, 11) is 1.72. The van der Waals surface area contributed by atoms with Gasteiger partial charge in [0, 0.05) is 50.5 Å². The van der Waals surface area contributed by atoms with E-state index in [1.165, 1.54) is 38.0 Å². The van der Waals surface area contributed by atoms with Crippen LogP contribution < -0.4 is 9.64 Å². The highest BCUT2D eigenvalue weighted by Crippen LogP contribution is 2.35. The van der Waals surface area contributed by atoms with Gasteiger partial charge in [0.1, 0.15) is 5.75 Å². The average molecular weight is 360 g/mol. The molecule has 3 saturated heterocycles. The number of piperazine rings is 1. The lowest BCUT2D eigenvalue weighted by Gasteiger charge is -2.51. The van der Waals surface area contributed by atoms with Crippen LogP contribution in [-0.4, -0.2) is 79.5 Å². The Bertz CT molecular complexity index is 601. The second-order valence-corrected chi connectivity index (χ2v) is 8.22. The summed E-state index contributed by atoms with van der Waals surface area (Å²) < 4.78 is 5.36. The maximum Gasteiger partial charge on any atom is 0.120 e. The SMILES string of the molecule is COc1cccc(N2CCN(C[C@]3(O)CCCN4CCCC[C@@H]43)CC2)c1. The largest absolute Gasteiger partial charge is 0.497 e. The van der Waals surface area contributed by atoms with Gasteiger partial charge in [-0.05, 0) is 50.9 Å². The van der Waals surface area contributed by atoms with Crippen molar-refractivity contribution < 1.29 is 9.84 Å². The lowest BCUT2D eigenvalue weighted by Crippen LogP contribution is -2.63. The molecule has 3 fully saturated rings. The summed E-state index contributed by atoms with van der Waals surface area (Å²) in [5.74, 6) is 0.916. The first-order chi connectivity index (χ1) is 12.7. The van der Waals surface area contributed by atoms with Gasteiger partial charge in [0.05, 0.1) is 12.7 Å². The quantitative estimate of drug-likeness (QED) is 0.892. The number of ether oxygens (including phenoxy) is 1.